The van der Waals surface area contributed by atoms with Gasteiger partial charge in [-0.3, -0.25) is 0 Å². The smallest absolute Gasteiger partial charge is 0.185 e. The van der Waals surface area contributed by atoms with Gasteiger partial charge in [-0.1, -0.05) is 13.3 Å². The van der Waals surface area contributed by atoms with Crippen molar-refractivity contribution in [3.8, 4) is 0 Å². The zero-order valence-corrected chi connectivity index (χ0v) is 11.7. The van der Waals surface area contributed by atoms with Crippen molar-refractivity contribution in [2.24, 2.45) is 0 Å². The van der Waals surface area contributed by atoms with Gasteiger partial charge in [0.25, 0.3) is 0 Å². The second kappa shape index (κ2) is 6.36. The maximum Gasteiger partial charge on any atom is 0.185 e. The number of hydrogen-bond donors (Lipinski definition) is 1. The van der Waals surface area contributed by atoms with Gasteiger partial charge in [-0.05, 0) is 32.7 Å². The molecule has 96 valence electrons. The minimum atomic E-state index is 0.651. The van der Waals surface area contributed by atoms with Crippen LogP contribution < -0.4 is 10.2 Å². The molecular formula is C13H23N3S. The molecule has 0 radical (unpaired) electrons. The number of likely N-dealkylation sites (N-methyl/N-ethyl adjacent to an activating group) is 1. The van der Waals surface area contributed by atoms with Crippen molar-refractivity contribution in [3.05, 3.63) is 11.1 Å². The Morgan fingerprint density at radius 2 is 2.35 bits per heavy atom. The van der Waals surface area contributed by atoms with Crippen molar-refractivity contribution in [1.82, 2.24) is 10.3 Å². The van der Waals surface area contributed by atoms with Gasteiger partial charge < -0.3 is 10.2 Å². The molecular weight excluding hydrogens is 230 g/mol. The number of nitrogens with one attached hydrogen (secondary N) is 1. The molecule has 1 fully saturated rings. The van der Waals surface area contributed by atoms with Crippen LogP contribution in [0.5, 0.6) is 0 Å². The molecule has 0 aliphatic carbocycles. The lowest BCUT2D eigenvalue weighted by atomic mass is 10.0. The number of piperidine rings is 1. The van der Waals surface area contributed by atoms with E-state index < -0.39 is 0 Å². The van der Waals surface area contributed by atoms with Crippen LogP contribution in [0.4, 0.5) is 5.13 Å². The fourth-order valence-electron chi connectivity index (χ4n) is 2.29. The first kappa shape index (κ1) is 12.8. The lowest BCUT2D eigenvalue weighted by Gasteiger charge is -2.29. The molecule has 1 saturated heterocycles. The van der Waals surface area contributed by atoms with E-state index in [1.165, 1.54) is 36.6 Å². The molecule has 1 unspecified atom stereocenters. The molecule has 1 aliphatic rings. The van der Waals surface area contributed by atoms with Crippen LogP contribution in [0, 0.1) is 0 Å². The Kier molecular flexibility index (Phi) is 4.80. The van der Waals surface area contributed by atoms with Crippen molar-refractivity contribution in [2.75, 3.05) is 24.5 Å². The summed E-state index contributed by atoms with van der Waals surface area (Å²) in [5, 5.41) is 6.99. The summed E-state index contributed by atoms with van der Waals surface area (Å²) in [7, 11) is 0. The van der Waals surface area contributed by atoms with Crippen LogP contribution >= 0.6 is 11.3 Å². The maximum atomic E-state index is 4.68. The predicted octanol–water partition coefficient (Wildman–Crippen LogP) is 2.67. The Bertz CT molecular complexity index is 331. The summed E-state index contributed by atoms with van der Waals surface area (Å²) in [6, 6.07) is 0.651. The number of aryl methyl sites for hydroxylation is 1. The van der Waals surface area contributed by atoms with E-state index in [0.29, 0.717) is 6.04 Å². The number of nitrogens with zero attached hydrogens (tertiary/aromatic N) is 2. The molecule has 2 heterocycles. The SMILES string of the molecule is CCc1csc(N(CC)CC2CCCCN2)n1. The molecule has 1 N–H and O–H groups in total. The number of thiazole rings is 1. The third-order valence-electron chi connectivity index (χ3n) is 3.41. The van der Waals surface area contributed by atoms with Gasteiger partial charge in [-0.25, -0.2) is 4.98 Å². The number of hydrogen-bond acceptors (Lipinski definition) is 4. The maximum absolute atomic E-state index is 4.68. The molecule has 0 aromatic carbocycles. The molecule has 1 aromatic heterocycles. The van der Waals surface area contributed by atoms with Gasteiger partial charge in [0.2, 0.25) is 0 Å². The average Bonchev–Trinajstić information content (AvgIpc) is 2.86. The minimum absolute atomic E-state index is 0.651. The van der Waals surface area contributed by atoms with E-state index in [4.69, 9.17) is 0 Å². The molecule has 1 aromatic rings. The Morgan fingerprint density at radius 1 is 1.47 bits per heavy atom. The number of anilines is 1. The fourth-order valence-corrected chi connectivity index (χ4v) is 3.28. The van der Waals surface area contributed by atoms with Gasteiger partial charge in [-0.2, -0.15) is 0 Å². The number of rotatable bonds is 5. The van der Waals surface area contributed by atoms with E-state index in [-0.39, 0.29) is 0 Å². The first-order chi connectivity index (χ1) is 8.33. The standard InChI is InChI=1S/C13H23N3S/c1-3-11-10-17-13(15-11)16(4-2)9-12-7-5-6-8-14-12/h10,12,14H,3-9H2,1-2H3. The van der Waals surface area contributed by atoms with Crippen molar-refractivity contribution in [1.29, 1.82) is 0 Å². The van der Waals surface area contributed by atoms with Gasteiger partial charge >= 0.3 is 0 Å². The lowest BCUT2D eigenvalue weighted by molar-refractivity contribution is 0.400. The minimum Gasteiger partial charge on any atom is -0.347 e. The van der Waals surface area contributed by atoms with Crippen molar-refractivity contribution >= 4 is 16.5 Å². The van der Waals surface area contributed by atoms with Crippen LogP contribution in [0.15, 0.2) is 5.38 Å². The second-order valence-corrected chi connectivity index (χ2v) is 5.50. The highest BCUT2D eigenvalue weighted by molar-refractivity contribution is 7.13. The Balaban J connectivity index is 1.95. The highest BCUT2D eigenvalue weighted by Crippen LogP contribution is 2.21. The molecule has 0 amide bonds. The zero-order chi connectivity index (χ0) is 12.1. The lowest BCUT2D eigenvalue weighted by Crippen LogP contribution is -2.43. The Morgan fingerprint density at radius 3 is 2.94 bits per heavy atom. The van der Waals surface area contributed by atoms with Crippen LogP contribution in [0.25, 0.3) is 0 Å². The van der Waals surface area contributed by atoms with Gasteiger partial charge in [0.1, 0.15) is 0 Å². The average molecular weight is 253 g/mol. The summed E-state index contributed by atoms with van der Waals surface area (Å²) in [5.74, 6) is 0. The van der Waals surface area contributed by atoms with E-state index in [1.807, 2.05) is 0 Å². The van der Waals surface area contributed by atoms with Crippen LogP contribution in [0.2, 0.25) is 0 Å². The van der Waals surface area contributed by atoms with E-state index >= 15 is 0 Å². The summed E-state index contributed by atoms with van der Waals surface area (Å²) >= 11 is 1.78. The van der Waals surface area contributed by atoms with E-state index in [1.54, 1.807) is 11.3 Å². The first-order valence-electron chi connectivity index (χ1n) is 6.76. The topological polar surface area (TPSA) is 28.2 Å². The Labute approximate surface area is 108 Å². The van der Waals surface area contributed by atoms with Crippen molar-refractivity contribution < 1.29 is 0 Å². The molecule has 4 heteroatoms. The molecule has 2 rings (SSSR count). The van der Waals surface area contributed by atoms with Crippen LogP contribution in [0.1, 0.15) is 38.8 Å². The van der Waals surface area contributed by atoms with Gasteiger partial charge in [0.05, 0.1) is 5.69 Å². The van der Waals surface area contributed by atoms with Gasteiger partial charge in [0.15, 0.2) is 5.13 Å². The Hall–Kier alpha value is -0.610. The molecule has 0 bridgehead atoms. The third kappa shape index (κ3) is 3.42. The van der Waals surface area contributed by atoms with Crippen LogP contribution in [-0.4, -0.2) is 30.7 Å². The highest BCUT2D eigenvalue weighted by atomic mass is 32.1. The van der Waals surface area contributed by atoms with Crippen LogP contribution in [-0.2, 0) is 6.42 Å². The summed E-state index contributed by atoms with van der Waals surface area (Å²) in [4.78, 5) is 7.09. The largest absolute Gasteiger partial charge is 0.347 e. The van der Waals surface area contributed by atoms with Crippen molar-refractivity contribution in [3.63, 3.8) is 0 Å². The molecule has 0 saturated carbocycles. The van der Waals surface area contributed by atoms with Gasteiger partial charge in [-0.15, -0.1) is 11.3 Å². The molecule has 3 nitrogen and oxygen atoms in total. The normalized spacial score (nSPS) is 20.5. The predicted molar refractivity (Wildman–Crippen MR) is 75.0 cm³/mol. The first-order valence-corrected chi connectivity index (χ1v) is 7.64. The van der Waals surface area contributed by atoms with Gasteiger partial charge in [0, 0.05) is 24.5 Å². The second-order valence-electron chi connectivity index (χ2n) is 4.66. The quantitative estimate of drug-likeness (QED) is 0.874. The molecule has 0 spiro atoms. The van der Waals surface area contributed by atoms with E-state index in [9.17, 15) is 0 Å². The molecule has 1 aliphatic heterocycles. The number of aromatic nitrogens is 1. The monoisotopic (exact) mass is 253 g/mol. The summed E-state index contributed by atoms with van der Waals surface area (Å²) in [5.41, 5.74) is 1.22. The summed E-state index contributed by atoms with van der Waals surface area (Å²) in [6.45, 7) is 7.72. The van der Waals surface area contributed by atoms with E-state index in [2.05, 4.69) is 34.4 Å². The molecule has 17 heavy (non-hydrogen) atoms. The fraction of sp³-hybridized carbons (Fsp3) is 0.769. The highest BCUT2D eigenvalue weighted by Gasteiger charge is 2.17. The van der Waals surface area contributed by atoms with E-state index in [0.717, 1.165) is 19.5 Å². The van der Waals surface area contributed by atoms with Crippen LogP contribution in [0.3, 0.4) is 0 Å². The third-order valence-corrected chi connectivity index (χ3v) is 4.36. The summed E-state index contributed by atoms with van der Waals surface area (Å²) in [6.07, 6.45) is 5.05. The zero-order valence-electron chi connectivity index (χ0n) is 10.9. The van der Waals surface area contributed by atoms with Crippen molar-refractivity contribution in [2.45, 2.75) is 45.6 Å². The summed E-state index contributed by atoms with van der Waals surface area (Å²) < 4.78 is 0. The molecule has 1 atom stereocenters.